The summed E-state index contributed by atoms with van der Waals surface area (Å²) in [5, 5.41) is 11.7. The zero-order valence-electron chi connectivity index (χ0n) is 21.1. The molecule has 3 aromatic carbocycles. The van der Waals surface area contributed by atoms with Crippen molar-refractivity contribution in [3.63, 3.8) is 0 Å². The van der Waals surface area contributed by atoms with Gasteiger partial charge in [0.1, 0.15) is 0 Å². The highest BCUT2D eigenvalue weighted by molar-refractivity contribution is 6.20. The number of nitrogens with zero attached hydrogens (tertiary/aromatic N) is 1. The Kier molecular flexibility index (Phi) is 6.46. The van der Waals surface area contributed by atoms with Gasteiger partial charge in [-0.2, -0.15) is 0 Å². The number of hydrogen-bond acceptors (Lipinski definition) is 7. The third-order valence-electron chi connectivity index (χ3n) is 6.42. The SMILES string of the molecule is CCOC(=O)c1ccc(N2C(=O)C(O)=C(C(=O)c3cc4cccc(OC)c4o3)C2c2cccc(C)c2)cc1. The maximum absolute atomic E-state index is 13.8. The van der Waals surface area contributed by atoms with Crippen LogP contribution in [0.25, 0.3) is 11.0 Å². The van der Waals surface area contributed by atoms with E-state index < -0.39 is 29.5 Å². The number of carbonyl (C=O) groups is 3. The van der Waals surface area contributed by atoms with Gasteiger partial charge in [-0.05, 0) is 55.8 Å². The normalized spacial score (nSPS) is 15.3. The lowest BCUT2D eigenvalue weighted by molar-refractivity contribution is -0.117. The molecule has 38 heavy (non-hydrogen) atoms. The van der Waals surface area contributed by atoms with E-state index in [0.717, 1.165) is 5.56 Å². The molecule has 8 heteroatoms. The summed E-state index contributed by atoms with van der Waals surface area (Å²) in [6.45, 7) is 3.85. The number of furan rings is 1. The van der Waals surface area contributed by atoms with E-state index in [4.69, 9.17) is 13.9 Å². The summed E-state index contributed by atoms with van der Waals surface area (Å²) >= 11 is 0. The van der Waals surface area contributed by atoms with Gasteiger partial charge in [-0.3, -0.25) is 14.5 Å². The fraction of sp³-hybridized carbons (Fsp3) is 0.167. The number of hydrogen-bond donors (Lipinski definition) is 1. The van der Waals surface area contributed by atoms with Gasteiger partial charge in [0, 0.05) is 11.1 Å². The number of methoxy groups -OCH3 is 1. The third-order valence-corrected chi connectivity index (χ3v) is 6.42. The maximum Gasteiger partial charge on any atom is 0.338 e. The van der Waals surface area contributed by atoms with E-state index in [1.54, 1.807) is 49.4 Å². The first kappa shape index (κ1) is 24.8. The molecule has 0 spiro atoms. The average Bonchev–Trinajstić information content (AvgIpc) is 3.47. The van der Waals surface area contributed by atoms with E-state index >= 15 is 0 Å². The highest BCUT2D eigenvalue weighted by Gasteiger charge is 2.45. The van der Waals surface area contributed by atoms with Gasteiger partial charge >= 0.3 is 5.97 Å². The first-order valence-corrected chi connectivity index (χ1v) is 12.1. The van der Waals surface area contributed by atoms with Crippen LogP contribution in [0.3, 0.4) is 0 Å². The number of ether oxygens (including phenoxy) is 2. The number of amides is 1. The molecule has 1 unspecified atom stereocenters. The molecule has 0 saturated carbocycles. The Hall–Kier alpha value is -4.85. The summed E-state index contributed by atoms with van der Waals surface area (Å²) in [6.07, 6.45) is 0. The van der Waals surface area contributed by atoms with Crippen molar-refractivity contribution in [3.8, 4) is 5.75 Å². The summed E-state index contributed by atoms with van der Waals surface area (Å²) in [5.74, 6) is -2.08. The van der Waals surface area contributed by atoms with Crippen LogP contribution in [-0.2, 0) is 9.53 Å². The highest BCUT2D eigenvalue weighted by Crippen LogP contribution is 2.43. The van der Waals surface area contributed by atoms with Crippen molar-refractivity contribution in [2.45, 2.75) is 19.9 Å². The molecule has 0 saturated heterocycles. The molecule has 0 bridgehead atoms. The van der Waals surface area contributed by atoms with Gasteiger partial charge in [0.2, 0.25) is 5.78 Å². The number of Topliss-reactive ketones (excluding diaryl/α,β-unsaturated/α-hetero) is 1. The zero-order chi connectivity index (χ0) is 27.0. The second-order valence-corrected chi connectivity index (χ2v) is 8.84. The van der Waals surface area contributed by atoms with Gasteiger partial charge in [0.05, 0.1) is 30.9 Å². The minimum atomic E-state index is -0.932. The van der Waals surface area contributed by atoms with Crippen molar-refractivity contribution in [3.05, 3.63) is 107 Å². The molecular weight excluding hydrogens is 486 g/mol. The van der Waals surface area contributed by atoms with Gasteiger partial charge in [0.25, 0.3) is 5.91 Å². The molecule has 4 aromatic rings. The summed E-state index contributed by atoms with van der Waals surface area (Å²) in [4.78, 5) is 40.7. The molecule has 0 radical (unpaired) electrons. The fourth-order valence-corrected chi connectivity index (χ4v) is 4.67. The van der Waals surface area contributed by atoms with E-state index in [2.05, 4.69) is 0 Å². The summed E-state index contributed by atoms with van der Waals surface area (Å²) in [5.41, 5.74) is 2.55. The molecular formula is C30H25NO7. The van der Waals surface area contributed by atoms with E-state index in [9.17, 15) is 19.5 Å². The van der Waals surface area contributed by atoms with Crippen molar-refractivity contribution in [1.29, 1.82) is 0 Å². The number of rotatable bonds is 7. The summed E-state index contributed by atoms with van der Waals surface area (Å²) in [6, 6.07) is 19.5. The number of fused-ring (bicyclic) bond motifs is 1. The Morgan fingerprint density at radius 3 is 2.45 bits per heavy atom. The first-order valence-electron chi connectivity index (χ1n) is 12.1. The molecule has 1 N–H and O–H groups in total. The number of aryl methyl sites for hydroxylation is 1. The Labute approximate surface area is 218 Å². The van der Waals surface area contributed by atoms with Crippen LogP contribution in [0.1, 0.15) is 45.0 Å². The number of anilines is 1. The van der Waals surface area contributed by atoms with Gasteiger partial charge in [-0.25, -0.2) is 4.79 Å². The molecule has 0 aliphatic carbocycles. The van der Waals surface area contributed by atoms with Gasteiger partial charge in [-0.15, -0.1) is 0 Å². The summed E-state index contributed by atoms with van der Waals surface area (Å²) < 4.78 is 16.2. The molecule has 2 heterocycles. The van der Waals surface area contributed by atoms with Crippen LogP contribution in [-0.4, -0.2) is 36.5 Å². The molecule has 192 valence electrons. The standard InChI is InChI=1S/C30H25NO7/c1-4-37-30(35)18-11-13-21(14-12-18)31-25(19-8-5-7-17(2)15-19)24(27(33)29(31)34)26(32)23-16-20-9-6-10-22(36-3)28(20)38-23/h5-16,25,33H,4H2,1-3H3. The highest BCUT2D eigenvalue weighted by atomic mass is 16.5. The van der Waals surface area contributed by atoms with E-state index in [0.29, 0.717) is 33.5 Å². The molecule has 1 amide bonds. The average molecular weight is 512 g/mol. The van der Waals surface area contributed by atoms with Gasteiger partial charge in [-0.1, -0.05) is 42.0 Å². The van der Waals surface area contributed by atoms with Crippen molar-refractivity contribution in [2.75, 3.05) is 18.6 Å². The molecule has 1 aliphatic rings. The minimum Gasteiger partial charge on any atom is -0.503 e. The number of carbonyl (C=O) groups excluding carboxylic acids is 3. The number of para-hydroxylation sites is 1. The third kappa shape index (κ3) is 4.20. The van der Waals surface area contributed by atoms with E-state index in [1.165, 1.54) is 24.1 Å². The van der Waals surface area contributed by atoms with Crippen LogP contribution in [0.4, 0.5) is 5.69 Å². The van der Waals surface area contributed by atoms with Crippen molar-refractivity contribution in [2.24, 2.45) is 0 Å². The Bertz CT molecular complexity index is 1600. The van der Waals surface area contributed by atoms with Crippen LogP contribution >= 0.6 is 0 Å². The lowest BCUT2D eigenvalue weighted by atomic mass is 9.93. The quantitative estimate of drug-likeness (QED) is 0.250. The zero-order valence-corrected chi connectivity index (χ0v) is 21.1. The lowest BCUT2D eigenvalue weighted by Gasteiger charge is -2.27. The topological polar surface area (TPSA) is 106 Å². The molecule has 8 nitrogen and oxygen atoms in total. The number of esters is 1. The maximum atomic E-state index is 13.8. The monoisotopic (exact) mass is 511 g/mol. The predicted molar refractivity (Wildman–Crippen MR) is 141 cm³/mol. The molecule has 1 aliphatic heterocycles. The van der Waals surface area contributed by atoms with Crippen molar-refractivity contribution < 1.29 is 33.4 Å². The Morgan fingerprint density at radius 2 is 1.76 bits per heavy atom. The van der Waals surface area contributed by atoms with Crippen LogP contribution in [0.5, 0.6) is 5.75 Å². The van der Waals surface area contributed by atoms with Crippen LogP contribution in [0.2, 0.25) is 0 Å². The number of aliphatic hydroxyl groups excluding tert-OH is 1. The Morgan fingerprint density at radius 1 is 1.03 bits per heavy atom. The first-order chi connectivity index (χ1) is 18.3. The molecule has 0 fully saturated rings. The Balaban J connectivity index is 1.61. The molecule has 5 rings (SSSR count). The second-order valence-electron chi connectivity index (χ2n) is 8.84. The number of ketones is 1. The van der Waals surface area contributed by atoms with Crippen molar-refractivity contribution >= 4 is 34.3 Å². The van der Waals surface area contributed by atoms with Gasteiger partial charge in [0.15, 0.2) is 22.9 Å². The summed E-state index contributed by atoms with van der Waals surface area (Å²) in [7, 11) is 1.50. The van der Waals surface area contributed by atoms with Crippen LogP contribution in [0.15, 0.2) is 88.5 Å². The minimum absolute atomic E-state index is 0.0315. The second kappa shape index (κ2) is 9.89. The van der Waals surface area contributed by atoms with E-state index in [1.807, 2.05) is 25.1 Å². The molecule has 1 atom stereocenters. The van der Waals surface area contributed by atoms with E-state index in [-0.39, 0.29) is 17.9 Å². The fourth-order valence-electron chi connectivity index (χ4n) is 4.67. The largest absolute Gasteiger partial charge is 0.503 e. The van der Waals surface area contributed by atoms with Gasteiger partial charge < -0.3 is 19.0 Å². The number of aliphatic hydroxyl groups is 1. The van der Waals surface area contributed by atoms with Crippen LogP contribution in [0, 0.1) is 6.92 Å². The van der Waals surface area contributed by atoms with Crippen molar-refractivity contribution in [1.82, 2.24) is 0 Å². The number of benzene rings is 3. The smallest absolute Gasteiger partial charge is 0.338 e. The van der Waals surface area contributed by atoms with Crippen LogP contribution < -0.4 is 9.64 Å². The predicted octanol–water partition coefficient (Wildman–Crippen LogP) is 5.71. The lowest BCUT2D eigenvalue weighted by Crippen LogP contribution is -2.31. The molecule has 1 aromatic heterocycles.